The molecule has 8 heteroatoms. The SMILES string of the molecule is C[C@H]1Oc2c(cccc2C(=O)NCc2ccccc2[N+](=O)[O-])NC1=O. The van der Waals surface area contributed by atoms with Gasteiger partial charge in [-0.25, -0.2) is 0 Å². The van der Waals surface area contributed by atoms with E-state index in [4.69, 9.17) is 4.74 Å². The van der Waals surface area contributed by atoms with Gasteiger partial charge in [0.15, 0.2) is 11.9 Å². The van der Waals surface area contributed by atoms with Gasteiger partial charge in [0, 0.05) is 18.2 Å². The lowest BCUT2D eigenvalue weighted by Crippen LogP contribution is -2.35. The number of rotatable bonds is 4. The van der Waals surface area contributed by atoms with E-state index in [1.165, 1.54) is 6.07 Å². The molecule has 128 valence electrons. The molecule has 3 rings (SSSR count). The summed E-state index contributed by atoms with van der Waals surface area (Å²) >= 11 is 0. The number of anilines is 1. The Labute approximate surface area is 142 Å². The van der Waals surface area contributed by atoms with Crippen molar-refractivity contribution in [1.29, 1.82) is 0 Å². The van der Waals surface area contributed by atoms with Crippen molar-refractivity contribution in [3.63, 3.8) is 0 Å². The van der Waals surface area contributed by atoms with Crippen LogP contribution in [0.2, 0.25) is 0 Å². The number of carbonyl (C=O) groups is 2. The minimum absolute atomic E-state index is 0.00155. The van der Waals surface area contributed by atoms with Crippen molar-refractivity contribution in [2.45, 2.75) is 19.6 Å². The fourth-order valence-corrected chi connectivity index (χ4v) is 2.52. The Bertz CT molecular complexity index is 865. The van der Waals surface area contributed by atoms with Crippen molar-refractivity contribution in [1.82, 2.24) is 5.32 Å². The van der Waals surface area contributed by atoms with Gasteiger partial charge in [0.1, 0.15) is 0 Å². The highest BCUT2D eigenvalue weighted by atomic mass is 16.6. The van der Waals surface area contributed by atoms with Gasteiger partial charge in [0.25, 0.3) is 17.5 Å². The van der Waals surface area contributed by atoms with Crippen molar-refractivity contribution in [2.75, 3.05) is 5.32 Å². The molecule has 0 unspecified atom stereocenters. The molecule has 1 atom stereocenters. The van der Waals surface area contributed by atoms with Crippen molar-refractivity contribution in [3.8, 4) is 5.75 Å². The van der Waals surface area contributed by atoms with Crippen molar-refractivity contribution in [2.24, 2.45) is 0 Å². The van der Waals surface area contributed by atoms with Crippen molar-refractivity contribution < 1.29 is 19.2 Å². The van der Waals surface area contributed by atoms with Crippen molar-refractivity contribution >= 4 is 23.2 Å². The molecular weight excluding hydrogens is 326 g/mol. The number of hydrogen-bond donors (Lipinski definition) is 2. The molecule has 0 saturated carbocycles. The summed E-state index contributed by atoms with van der Waals surface area (Å²) in [5.74, 6) is -0.446. The molecule has 25 heavy (non-hydrogen) atoms. The van der Waals surface area contributed by atoms with Gasteiger partial charge in [0.05, 0.1) is 16.2 Å². The zero-order chi connectivity index (χ0) is 18.0. The van der Waals surface area contributed by atoms with Crippen molar-refractivity contribution in [3.05, 3.63) is 63.7 Å². The molecule has 0 saturated heterocycles. The van der Waals surface area contributed by atoms with E-state index in [1.807, 2.05) is 0 Å². The maximum Gasteiger partial charge on any atom is 0.274 e. The number of nitrogens with zero attached hydrogens (tertiary/aromatic N) is 1. The highest BCUT2D eigenvalue weighted by Gasteiger charge is 2.27. The third-order valence-electron chi connectivity index (χ3n) is 3.81. The van der Waals surface area contributed by atoms with E-state index < -0.39 is 16.9 Å². The van der Waals surface area contributed by atoms with Crippen LogP contribution in [0.25, 0.3) is 0 Å². The highest BCUT2D eigenvalue weighted by Crippen LogP contribution is 2.33. The van der Waals surface area contributed by atoms with Gasteiger partial charge in [-0.05, 0) is 19.1 Å². The van der Waals surface area contributed by atoms with E-state index in [0.29, 0.717) is 11.3 Å². The van der Waals surface area contributed by atoms with Crippen LogP contribution in [0.15, 0.2) is 42.5 Å². The average Bonchev–Trinajstić information content (AvgIpc) is 2.60. The third kappa shape index (κ3) is 3.27. The molecule has 0 fully saturated rings. The Morgan fingerprint density at radius 3 is 2.80 bits per heavy atom. The molecule has 0 aliphatic carbocycles. The maximum atomic E-state index is 12.5. The Balaban J connectivity index is 1.81. The Hall–Kier alpha value is -3.42. The van der Waals surface area contributed by atoms with Gasteiger partial charge in [-0.1, -0.05) is 24.3 Å². The lowest BCUT2D eigenvalue weighted by molar-refractivity contribution is -0.385. The van der Waals surface area contributed by atoms with Crippen LogP contribution in [-0.4, -0.2) is 22.8 Å². The average molecular weight is 341 g/mol. The number of benzene rings is 2. The molecule has 2 amide bonds. The first-order valence-electron chi connectivity index (χ1n) is 7.58. The predicted octanol–water partition coefficient (Wildman–Crippen LogP) is 2.24. The van der Waals surface area contributed by atoms with Crippen LogP contribution < -0.4 is 15.4 Å². The molecule has 0 bridgehead atoms. The summed E-state index contributed by atoms with van der Waals surface area (Å²) in [6.45, 7) is 1.59. The second kappa shape index (κ2) is 6.60. The zero-order valence-electron chi connectivity index (χ0n) is 13.3. The van der Waals surface area contributed by atoms with Crippen LogP contribution >= 0.6 is 0 Å². The summed E-state index contributed by atoms with van der Waals surface area (Å²) in [6.07, 6.45) is -0.711. The quantitative estimate of drug-likeness (QED) is 0.654. The largest absolute Gasteiger partial charge is 0.478 e. The van der Waals surface area contributed by atoms with Gasteiger partial charge < -0.3 is 15.4 Å². The molecule has 1 heterocycles. The second-order valence-electron chi connectivity index (χ2n) is 5.50. The molecule has 0 spiro atoms. The van der Waals surface area contributed by atoms with Crippen LogP contribution in [0.4, 0.5) is 11.4 Å². The summed E-state index contributed by atoms with van der Waals surface area (Å²) in [5, 5.41) is 16.3. The molecule has 2 N–H and O–H groups in total. The zero-order valence-corrected chi connectivity index (χ0v) is 13.3. The molecule has 0 radical (unpaired) electrons. The minimum Gasteiger partial charge on any atom is -0.478 e. The summed E-state index contributed by atoms with van der Waals surface area (Å²) in [7, 11) is 0. The number of nitrogens with one attached hydrogen (secondary N) is 2. The molecule has 1 aliphatic heterocycles. The molecule has 0 aromatic heterocycles. The van der Waals surface area contributed by atoms with Gasteiger partial charge in [0.2, 0.25) is 0 Å². The number of para-hydroxylation sites is 2. The molecule has 8 nitrogen and oxygen atoms in total. The number of carbonyl (C=O) groups excluding carboxylic acids is 2. The highest BCUT2D eigenvalue weighted by molar-refractivity contribution is 6.03. The molecule has 1 aliphatic rings. The van der Waals surface area contributed by atoms with Gasteiger partial charge in [-0.15, -0.1) is 0 Å². The summed E-state index contributed by atoms with van der Waals surface area (Å²) in [5.41, 5.74) is 1.01. The summed E-state index contributed by atoms with van der Waals surface area (Å²) in [4.78, 5) is 34.7. The normalized spacial score (nSPS) is 15.6. The standard InChI is InChI=1S/C17H15N3O5/c1-10-16(21)19-13-7-4-6-12(15(13)25-10)17(22)18-9-11-5-2-3-8-14(11)20(23)24/h2-8,10H,9H2,1H3,(H,18,22)(H,19,21)/t10-/m1/s1. The fourth-order valence-electron chi connectivity index (χ4n) is 2.52. The number of nitro groups is 1. The van der Waals surface area contributed by atoms with Gasteiger partial charge in [-0.2, -0.15) is 0 Å². The maximum absolute atomic E-state index is 12.5. The lowest BCUT2D eigenvalue weighted by Gasteiger charge is -2.25. The summed E-state index contributed by atoms with van der Waals surface area (Å²) in [6, 6.07) is 11.0. The number of nitro benzene ring substituents is 1. The Morgan fingerprint density at radius 1 is 1.28 bits per heavy atom. The number of amides is 2. The van der Waals surface area contributed by atoms with E-state index in [2.05, 4.69) is 10.6 Å². The van der Waals surface area contributed by atoms with Crippen LogP contribution in [0.1, 0.15) is 22.8 Å². The molecule has 2 aromatic rings. The van der Waals surface area contributed by atoms with Crippen LogP contribution in [0.5, 0.6) is 5.75 Å². The minimum atomic E-state index is -0.711. The molecular formula is C17H15N3O5. The second-order valence-corrected chi connectivity index (χ2v) is 5.50. The number of fused-ring (bicyclic) bond motifs is 1. The predicted molar refractivity (Wildman–Crippen MR) is 89.4 cm³/mol. The van der Waals surface area contributed by atoms with E-state index >= 15 is 0 Å². The lowest BCUT2D eigenvalue weighted by atomic mass is 10.1. The first-order chi connectivity index (χ1) is 12.0. The Morgan fingerprint density at radius 2 is 2.04 bits per heavy atom. The van der Waals surface area contributed by atoms with Gasteiger partial charge in [-0.3, -0.25) is 19.7 Å². The first kappa shape index (κ1) is 16.4. The van der Waals surface area contributed by atoms with E-state index in [1.54, 1.807) is 43.3 Å². The van der Waals surface area contributed by atoms with E-state index in [9.17, 15) is 19.7 Å². The van der Waals surface area contributed by atoms with E-state index in [-0.39, 0.29) is 29.5 Å². The monoisotopic (exact) mass is 341 g/mol. The third-order valence-corrected chi connectivity index (χ3v) is 3.81. The van der Waals surface area contributed by atoms with Gasteiger partial charge >= 0.3 is 0 Å². The smallest absolute Gasteiger partial charge is 0.274 e. The first-order valence-corrected chi connectivity index (χ1v) is 7.58. The molecule has 2 aromatic carbocycles. The summed E-state index contributed by atoms with van der Waals surface area (Å²) < 4.78 is 5.53. The Kier molecular flexibility index (Phi) is 4.34. The van der Waals surface area contributed by atoms with E-state index in [0.717, 1.165) is 0 Å². The van der Waals surface area contributed by atoms with Crippen LogP contribution in [0.3, 0.4) is 0 Å². The number of hydrogen-bond acceptors (Lipinski definition) is 5. The number of ether oxygens (including phenoxy) is 1. The van der Waals surface area contributed by atoms with Crippen LogP contribution in [-0.2, 0) is 11.3 Å². The fraction of sp³-hybridized carbons (Fsp3) is 0.176. The van der Waals surface area contributed by atoms with Crippen LogP contribution in [0, 0.1) is 10.1 Å². The topological polar surface area (TPSA) is 111 Å².